The normalized spacial score (nSPS) is 19.0. The molecule has 1 fully saturated rings. The first-order valence-electron chi connectivity index (χ1n) is 8.60. The molecular weight excluding hydrogens is 321 g/mol. The van der Waals surface area contributed by atoms with E-state index in [1.54, 1.807) is 23.5 Å². The number of hydroxylamine groups is 2. The number of benzene rings is 1. The minimum Gasteiger partial charge on any atom is -0.367 e. The number of halogens is 1. The smallest absolute Gasteiger partial charge is 0.330 e. The average Bonchev–Trinajstić information content (AvgIpc) is 3.05. The number of aromatic nitrogens is 2. The van der Waals surface area contributed by atoms with E-state index >= 15 is 0 Å². The van der Waals surface area contributed by atoms with Crippen LogP contribution in [0, 0.1) is 11.2 Å². The molecule has 1 aliphatic heterocycles. The molecule has 1 unspecified atom stereocenters. The van der Waals surface area contributed by atoms with Crippen LogP contribution in [0.1, 0.15) is 45.2 Å². The van der Waals surface area contributed by atoms with Crippen LogP contribution in [-0.2, 0) is 9.63 Å². The standard InChI is InChI=1S/C19H24FN3O2/c1-19(2,3)18(24)25-23-10-4-5-14(11-23)17-12-22(13-21-17)16-8-6-15(20)7-9-16/h6-9,12-14H,4-5,10-11H2,1-3H3. The Labute approximate surface area is 147 Å². The van der Waals surface area contributed by atoms with Crippen molar-refractivity contribution in [2.75, 3.05) is 13.1 Å². The number of carbonyl (C=O) groups excluding carboxylic acids is 1. The lowest BCUT2D eigenvalue weighted by Gasteiger charge is -2.32. The maximum atomic E-state index is 13.1. The molecule has 134 valence electrons. The largest absolute Gasteiger partial charge is 0.367 e. The molecule has 1 aliphatic rings. The Morgan fingerprint density at radius 3 is 2.68 bits per heavy atom. The van der Waals surface area contributed by atoms with Crippen LogP contribution in [0.4, 0.5) is 4.39 Å². The van der Waals surface area contributed by atoms with E-state index in [9.17, 15) is 9.18 Å². The van der Waals surface area contributed by atoms with Crippen LogP contribution in [-0.4, -0.2) is 33.7 Å². The summed E-state index contributed by atoms with van der Waals surface area (Å²) in [6, 6.07) is 6.31. The molecule has 0 saturated carbocycles. The van der Waals surface area contributed by atoms with Gasteiger partial charge in [0, 0.05) is 30.9 Å². The average molecular weight is 345 g/mol. The Hall–Kier alpha value is -2.21. The lowest BCUT2D eigenvalue weighted by molar-refractivity contribution is -0.205. The molecule has 0 bridgehead atoms. The van der Waals surface area contributed by atoms with E-state index in [0.717, 1.165) is 30.8 Å². The molecule has 1 aromatic heterocycles. The fourth-order valence-corrected chi connectivity index (χ4v) is 2.82. The van der Waals surface area contributed by atoms with Gasteiger partial charge in [0.25, 0.3) is 0 Å². The lowest BCUT2D eigenvalue weighted by atomic mass is 9.96. The number of hydrogen-bond acceptors (Lipinski definition) is 4. The summed E-state index contributed by atoms with van der Waals surface area (Å²) in [5.41, 5.74) is 1.31. The third-order valence-electron chi connectivity index (χ3n) is 4.35. The van der Waals surface area contributed by atoms with Crippen molar-refractivity contribution in [2.45, 2.75) is 39.5 Å². The highest BCUT2D eigenvalue weighted by Gasteiger charge is 2.30. The summed E-state index contributed by atoms with van der Waals surface area (Å²) in [5, 5.41) is 1.75. The zero-order chi connectivity index (χ0) is 18.0. The minimum atomic E-state index is -0.517. The Kier molecular flexibility index (Phi) is 4.90. The zero-order valence-corrected chi connectivity index (χ0v) is 14.9. The Morgan fingerprint density at radius 2 is 2.00 bits per heavy atom. The highest BCUT2D eigenvalue weighted by molar-refractivity contribution is 5.75. The highest BCUT2D eigenvalue weighted by Crippen LogP contribution is 2.27. The third kappa shape index (κ3) is 4.25. The quantitative estimate of drug-likeness (QED) is 0.851. The second-order valence-corrected chi connectivity index (χ2v) is 7.54. The molecule has 5 nitrogen and oxygen atoms in total. The molecule has 25 heavy (non-hydrogen) atoms. The van der Waals surface area contributed by atoms with E-state index in [1.807, 2.05) is 31.5 Å². The molecule has 1 saturated heterocycles. The zero-order valence-electron chi connectivity index (χ0n) is 14.9. The number of rotatable bonds is 3. The van der Waals surface area contributed by atoms with Gasteiger partial charge in [-0.05, 0) is 57.9 Å². The van der Waals surface area contributed by atoms with E-state index in [4.69, 9.17) is 4.84 Å². The van der Waals surface area contributed by atoms with Gasteiger partial charge in [0.1, 0.15) is 5.82 Å². The van der Waals surface area contributed by atoms with Crippen molar-refractivity contribution in [1.82, 2.24) is 14.6 Å². The molecule has 0 amide bonds. The lowest BCUT2D eigenvalue weighted by Crippen LogP contribution is -2.39. The highest BCUT2D eigenvalue weighted by atomic mass is 19.1. The first kappa shape index (κ1) is 17.6. The summed E-state index contributed by atoms with van der Waals surface area (Å²) >= 11 is 0. The number of piperidine rings is 1. The fraction of sp³-hybridized carbons (Fsp3) is 0.474. The summed E-state index contributed by atoms with van der Waals surface area (Å²) < 4.78 is 14.9. The maximum Gasteiger partial charge on any atom is 0.330 e. The van der Waals surface area contributed by atoms with Gasteiger partial charge in [0.15, 0.2) is 0 Å². The summed E-state index contributed by atoms with van der Waals surface area (Å²) in [7, 11) is 0. The van der Waals surface area contributed by atoms with Gasteiger partial charge in [0.2, 0.25) is 0 Å². The summed E-state index contributed by atoms with van der Waals surface area (Å²) in [5.74, 6) is -0.263. The van der Waals surface area contributed by atoms with Gasteiger partial charge >= 0.3 is 5.97 Å². The molecular formula is C19H24FN3O2. The first-order chi connectivity index (χ1) is 11.8. The molecule has 0 spiro atoms. The Balaban J connectivity index is 1.68. The van der Waals surface area contributed by atoms with Crippen molar-refractivity contribution < 1.29 is 14.0 Å². The third-order valence-corrected chi connectivity index (χ3v) is 4.35. The second-order valence-electron chi connectivity index (χ2n) is 7.54. The number of carbonyl (C=O) groups is 1. The van der Waals surface area contributed by atoms with Crippen molar-refractivity contribution in [3.63, 3.8) is 0 Å². The van der Waals surface area contributed by atoms with Gasteiger partial charge in [-0.25, -0.2) is 14.2 Å². The van der Waals surface area contributed by atoms with Gasteiger partial charge in [-0.2, -0.15) is 0 Å². The van der Waals surface area contributed by atoms with E-state index in [-0.39, 0.29) is 17.7 Å². The molecule has 1 aromatic carbocycles. The van der Waals surface area contributed by atoms with Crippen LogP contribution in [0.25, 0.3) is 5.69 Å². The predicted octanol–water partition coefficient (Wildman–Crippen LogP) is 3.70. The molecule has 2 heterocycles. The van der Waals surface area contributed by atoms with Crippen molar-refractivity contribution >= 4 is 5.97 Å². The van der Waals surface area contributed by atoms with Crippen molar-refractivity contribution in [3.8, 4) is 5.69 Å². The maximum absolute atomic E-state index is 13.1. The van der Waals surface area contributed by atoms with Crippen molar-refractivity contribution in [2.24, 2.45) is 5.41 Å². The fourth-order valence-electron chi connectivity index (χ4n) is 2.82. The van der Waals surface area contributed by atoms with E-state index in [2.05, 4.69) is 4.98 Å². The van der Waals surface area contributed by atoms with Crippen LogP contribution < -0.4 is 0 Å². The molecule has 0 radical (unpaired) electrons. The van der Waals surface area contributed by atoms with Crippen LogP contribution in [0.3, 0.4) is 0 Å². The number of nitrogens with zero attached hydrogens (tertiary/aromatic N) is 3. The first-order valence-corrected chi connectivity index (χ1v) is 8.60. The molecule has 2 aromatic rings. The monoisotopic (exact) mass is 345 g/mol. The minimum absolute atomic E-state index is 0.211. The Bertz CT molecular complexity index is 734. The van der Waals surface area contributed by atoms with Crippen molar-refractivity contribution in [3.05, 3.63) is 48.3 Å². The second kappa shape index (κ2) is 6.96. The van der Waals surface area contributed by atoms with E-state index < -0.39 is 5.41 Å². The predicted molar refractivity (Wildman–Crippen MR) is 92.6 cm³/mol. The molecule has 3 rings (SSSR count). The van der Waals surface area contributed by atoms with E-state index in [0.29, 0.717) is 6.54 Å². The summed E-state index contributed by atoms with van der Waals surface area (Å²) in [6.07, 6.45) is 5.66. The van der Waals surface area contributed by atoms with Gasteiger partial charge in [0.05, 0.1) is 17.4 Å². The molecule has 6 heteroatoms. The van der Waals surface area contributed by atoms with Gasteiger partial charge < -0.3 is 9.40 Å². The van der Waals surface area contributed by atoms with Crippen LogP contribution in [0.15, 0.2) is 36.8 Å². The van der Waals surface area contributed by atoms with Crippen LogP contribution in [0.2, 0.25) is 0 Å². The van der Waals surface area contributed by atoms with Crippen LogP contribution in [0.5, 0.6) is 0 Å². The molecule has 0 aliphatic carbocycles. The number of imidazole rings is 1. The Morgan fingerprint density at radius 1 is 1.28 bits per heavy atom. The van der Waals surface area contributed by atoms with Crippen molar-refractivity contribution in [1.29, 1.82) is 0 Å². The van der Waals surface area contributed by atoms with Gasteiger partial charge in [-0.1, -0.05) is 0 Å². The topological polar surface area (TPSA) is 47.4 Å². The molecule has 0 N–H and O–H groups in total. The summed E-state index contributed by atoms with van der Waals surface area (Å²) in [6.45, 7) is 6.93. The van der Waals surface area contributed by atoms with Gasteiger partial charge in [-0.15, -0.1) is 5.06 Å². The summed E-state index contributed by atoms with van der Waals surface area (Å²) in [4.78, 5) is 22.1. The SMILES string of the molecule is CC(C)(C)C(=O)ON1CCCC(c2cn(-c3ccc(F)cc3)cn2)C1. The molecule has 1 atom stereocenters. The van der Waals surface area contributed by atoms with Gasteiger partial charge in [-0.3, -0.25) is 0 Å². The number of hydrogen-bond donors (Lipinski definition) is 0. The van der Waals surface area contributed by atoms with E-state index in [1.165, 1.54) is 12.1 Å². The van der Waals surface area contributed by atoms with Crippen LogP contribution >= 0.6 is 0 Å².